The molecule has 1 aliphatic rings. The van der Waals surface area contributed by atoms with Crippen LogP contribution in [-0.4, -0.2) is 51.8 Å². The Labute approximate surface area is 119 Å². The van der Waals surface area contributed by atoms with Crippen molar-refractivity contribution in [3.05, 3.63) is 12.2 Å². The Bertz CT molecular complexity index is 432. The molecule has 1 atom stereocenters. The van der Waals surface area contributed by atoms with Gasteiger partial charge in [0.2, 0.25) is 5.91 Å². The van der Waals surface area contributed by atoms with Crippen molar-refractivity contribution in [1.82, 2.24) is 25.0 Å². The van der Waals surface area contributed by atoms with Crippen molar-refractivity contribution in [2.45, 2.75) is 32.9 Å². The lowest BCUT2D eigenvalue weighted by molar-refractivity contribution is -0.126. The standard InChI is InChI=1S/C13H24N6O/c1-2-19-12(16-10-17-19)9-18-7-3-4-11(8-18)13(20)15-6-5-14/h10-11H,2-9,14H2,1H3,(H,15,20). The van der Waals surface area contributed by atoms with E-state index in [0.29, 0.717) is 13.1 Å². The number of hydrogen-bond donors (Lipinski definition) is 2. The summed E-state index contributed by atoms with van der Waals surface area (Å²) in [5.74, 6) is 1.15. The molecule has 0 radical (unpaired) electrons. The third kappa shape index (κ3) is 3.77. The molecule has 1 amide bonds. The lowest BCUT2D eigenvalue weighted by Crippen LogP contribution is -2.44. The second kappa shape index (κ2) is 7.35. The van der Waals surface area contributed by atoms with Crippen LogP contribution in [0.1, 0.15) is 25.6 Å². The molecule has 0 aliphatic carbocycles. The van der Waals surface area contributed by atoms with Crippen LogP contribution in [0, 0.1) is 5.92 Å². The van der Waals surface area contributed by atoms with Crippen molar-refractivity contribution in [2.75, 3.05) is 26.2 Å². The highest BCUT2D eigenvalue weighted by atomic mass is 16.1. The molecule has 7 nitrogen and oxygen atoms in total. The molecule has 0 bridgehead atoms. The van der Waals surface area contributed by atoms with Crippen LogP contribution in [0.15, 0.2) is 6.33 Å². The zero-order valence-electron chi connectivity index (χ0n) is 12.1. The van der Waals surface area contributed by atoms with Gasteiger partial charge in [0.05, 0.1) is 12.5 Å². The number of piperidine rings is 1. The summed E-state index contributed by atoms with van der Waals surface area (Å²) < 4.78 is 1.90. The molecular formula is C13H24N6O. The Balaban J connectivity index is 1.88. The SMILES string of the molecule is CCn1ncnc1CN1CCCC(C(=O)NCCN)C1. The Morgan fingerprint density at radius 1 is 1.60 bits per heavy atom. The molecule has 0 saturated carbocycles. The van der Waals surface area contributed by atoms with Crippen LogP contribution >= 0.6 is 0 Å². The fraction of sp³-hybridized carbons (Fsp3) is 0.769. The number of aromatic nitrogens is 3. The molecule has 0 aromatic carbocycles. The van der Waals surface area contributed by atoms with Crippen LogP contribution in [0.25, 0.3) is 0 Å². The minimum Gasteiger partial charge on any atom is -0.355 e. The number of nitrogens with two attached hydrogens (primary N) is 1. The van der Waals surface area contributed by atoms with Crippen molar-refractivity contribution in [1.29, 1.82) is 0 Å². The number of nitrogens with zero attached hydrogens (tertiary/aromatic N) is 4. The van der Waals surface area contributed by atoms with E-state index in [4.69, 9.17) is 5.73 Å². The summed E-state index contributed by atoms with van der Waals surface area (Å²) in [7, 11) is 0. The van der Waals surface area contributed by atoms with Crippen LogP contribution in [0.5, 0.6) is 0 Å². The second-order valence-electron chi connectivity index (χ2n) is 5.15. The minimum absolute atomic E-state index is 0.0632. The summed E-state index contributed by atoms with van der Waals surface area (Å²) in [6, 6.07) is 0. The number of carbonyl (C=O) groups is 1. The van der Waals surface area contributed by atoms with E-state index in [1.807, 2.05) is 4.68 Å². The first-order chi connectivity index (χ1) is 9.74. The number of likely N-dealkylation sites (tertiary alicyclic amines) is 1. The predicted molar refractivity (Wildman–Crippen MR) is 75.8 cm³/mol. The van der Waals surface area contributed by atoms with Crippen molar-refractivity contribution >= 4 is 5.91 Å². The average Bonchev–Trinajstić information content (AvgIpc) is 2.92. The second-order valence-corrected chi connectivity index (χ2v) is 5.15. The van der Waals surface area contributed by atoms with Gasteiger partial charge >= 0.3 is 0 Å². The molecule has 3 N–H and O–H groups in total. The van der Waals surface area contributed by atoms with E-state index in [0.717, 1.165) is 44.8 Å². The van der Waals surface area contributed by atoms with Crippen molar-refractivity contribution in [3.63, 3.8) is 0 Å². The molecule has 2 heterocycles. The van der Waals surface area contributed by atoms with Gasteiger partial charge in [-0.15, -0.1) is 0 Å². The summed E-state index contributed by atoms with van der Waals surface area (Å²) in [6.07, 6.45) is 3.59. The lowest BCUT2D eigenvalue weighted by atomic mass is 9.97. The molecule has 1 saturated heterocycles. The van der Waals surface area contributed by atoms with Crippen molar-refractivity contribution < 1.29 is 4.79 Å². The van der Waals surface area contributed by atoms with Crippen LogP contribution in [0.2, 0.25) is 0 Å². The van der Waals surface area contributed by atoms with Crippen LogP contribution < -0.4 is 11.1 Å². The molecule has 2 rings (SSSR count). The van der Waals surface area contributed by atoms with Gasteiger partial charge in [-0.05, 0) is 26.3 Å². The maximum Gasteiger partial charge on any atom is 0.224 e. The van der Waals surface area contributed by atoms with Gasteiger partial charge < -0.3 is 11.1 Å². The Morgan fingerprint density at radius 3 is 3.20 bits per heavy atom. The third-order valence-electron chi connectivity index (χ3n) is 3.68. The Kier molecular flexibility index (Phi) is 5.49. The number of rotatable bonds is 6. The van der Waals surface area contributed by atoms with Crippen LogP contribution in [0.4, 0.5) is 0 Å². The van der Waals surface area contributed by atoms with Gasteiger partial charge in [0.1, 0.15) is 12.2 Å². The average molecular weight is 280 g/mol. The lowest BCUT2D eigenvalue weighted by Gasteiger charge is -2.31. The molecule has 1 fully saturated rings. The fourth-order valence-corrected chi connectivity index (χ4v) is 2.63. The molecule has 1 aromatic heterocycles. The normalized spacial score (nSPS) is 20.0. The van der Waals surface area contributed by atoms with Gasteiger partial charge in [-0.3, -0.25) is 9.69 Å². The van der Waals surface area contributed by atoms with Gasteiger partial charge in [-0.25, -0.2) is 9.67 Å². The molecule has 112 valence electrons. The van der Waals surface area contributed by atoms with Crippen LogP contribution in [-0.2, 0) is 17.9 Å². The highest BCUT2D eigenvalue weighted by Crippen LogP contribution is 2.18. The minimum atomic E-state index is 0.0632. The summed E-state index contributed by atoms with van der Waals surface area (Å²) >= 11 is 0. The predicted octanol–water partition coefficient (Wildman–Crippen LogP) is -0.415. The molecule has 7 heteroatoms. The molecule has 20 heavy (non-hydrogen) atoms. The zero-order valence-corrected chi connectivity index (χ0v) is 12.1. The first kappa shape index (κ1) is 14.9. The Hall–Kier alpha value is -1.47. The summed E-state index contributed by atoms with van der Waals surface area (Å²) in [4.78, 5) is 18.6. The van der Waals surface area contributed by atoms with E-state index in [1.165, 1.54) is 0 Å². The van der Waals surface area contributed by atoms with Gasteiger partial charge in [0.25, 0.3) is 0 Å². The summed E-state index contributed by atoms with van der Waals surface area (Å²) in [5, 5.41) is 7.06. The number of carbonyl (C=O) groups excluding carboxylic acids is 1. The summed E-state index contributed by atoms with van der Waals surface area (Å²) in [5.41, 5.74) is 5.41. The molecule has 1 unspecified atom stereocenters. The van der Waals surface area contributed by atoms with E-state index < -0.39 is 0 Å². The maximum atomic E-state index is 12.0. The van der Waals surface area contributed by atoms with Gasteiger partial charge in [-0.1, -0.05) is 0 Å². The third-order valence-corrected chi connectivity index (χ3v) is 3.68. The topological polar surface area (TPSA) is 89.1 Å². The quantitative estimate of drug-likeness (QED) is 0.739. The van der Waals surface area contributed by atoms with E-state index >= 15 is 0 Å². The first-order valence-electron chi connectivity index (χ1n) is 7.31. The Morgan fingerprint density at radius 2 is 2.45 bits per heavy atom. The molecule has 1 aromatic rings. The van der Waals surface area contributed by atoms with E-state index in [9.17, 15) is 4.79 Å². The fourth-order valence-electron chi connectivity index (χ4n) is 2.63. The molecular weight excluding hydrogens is 256 g/mol. The number of amides is 1. The van der Waals surface area contributed by atoms with E-state index in [-0.39, 0.29) is 11.8 Å². The first-order valence-corrected chi connectivity index (χ1v) is 7.31. The highest BCUT2D eigenvalue weighted by Gasteiger charge is 2.26. The largest absolute Gasteiger partial charge is 0.355 e. The highest BCUT2D eigenvalue weighted by molar-refractivity contribution is 5.78. The maximum absolute atomic E-state index is 12.0. The zero-order chi connectivity index (χ0) is 14.4. The van der Waals surface area contributed by atoms with Crippen molar-refractivity contribution in [3.8, 4) is 0 Å². The molecule has 0 spiro atoms. The van der Waals surface area contributed by atoms with E-state index in [1.54, 1.807) is 6.33 Å². The van der Waals surface area contributed by atoms with Gasteiger partial charge in [0.15, 0.2) is 0 Å². The number of aryl methyl sites for hydroxylation is 1. The van der Waals surface area contributed by atoms with E-state index in [2.05, 4.69) is 27.2 Å². The van der Waals surface area contributed by atoms with Gasteiger partial charge in [0, 0.05) is 26.2 Å². The van der Waals surface area contributed by atoms with Crippen LogP contribution in [0.3, 0.4) is 0 Å². The number of hydrogen-bond acceptors (Lipinski definition) is 5. The van der Waals surface area contributed by atoms with Gasteiger partial charge in [-0.2, -0.15) is 5.10 Å². The summed E-state index contributed by atoms with van der Waals surface area (Å²) in [6.45, 7) is 6.47. The van der Waals surface area contributed by atoms with Crippen molar-refractivity contribution in [2.24, 2.45) is 11.7 Å². The molecule has 1 aliphatic heterocycles. The smallest absolute Gasteiger partial charge is 0.224 e. The number of nitrogens with one attached hydrogen (secondary N) is 1. The monoisotopic (exact) mass is 280 g/mol.